The molecule has 0 bridgehead atoms. The summed E-state index contributed by atoms with van der Waals surface area (Å²) in [6, 6.07) is 11.0. The molecule has 3 heterocycles. The van der Waals surface area contributed by atoms with Crippen LogP contribution in [0.1, 0.15) is 36.7 Å². The predicted molar refractivity (Wildman–Crippen MR) is 105 cm³/mol. The van der Waals surface area contributed by atoms with E-state index in [1.807, 2.05) is 10.6 Å². The lowest BCUT2D eigenvalue weighted by Crippen LogP contribution is -2.05. The number of rotatable bonds is 3. The summed E-state index contributed by atoms with van der Waals surface area (Å²) in [7, 11) is 0. The second-order valence-corrected chi connectivity index (χ2v) is 7.24. The fourth-order valence-electron chi connectivity index (χ4n) is 3.23. The van der Waals surface area contributed by atoms with Gasteiger partial charge in [-0.3, -0.25) is 0 Å². The first-order valence-corrected chi connectivity index (χ1v) is 9.51. The van der Waals surface area contributed by atoms with E-state index >= 15 is 0 Å². The Balaban J connectivity index is 1.69. The smallest absolute Gasteiger partial charge is 0.174 e. The van der Waals surface area contributed by atoms with Gasteiger partial charge < -0.3 is 8.98 Å². The second-order valence-electron chi connectivity index (χ2n) is 6.40. The molecule has 5 nitrogen and oxygen atoms in total. The first-order chi connectivity index (χ1) is 13.2. The van der Waals surface area contributed by atoms with Gasteiger partial charge >= 0.3 is 0 Å². The van der Waals surface area contributed by atoms with Gasteiger partial charge in [-0.2, -0.15) is 5.26 Å². The van der Waals surface area contributed by atoms with Crippen molar-refractivity contribution < 1.29 is 4.42 Å². The lowest BCUT2D eigenvalue weighted by Gasteiger charge is -2.05. The number of fused-ring (bicyclic) bond motifs is 1. The highest BCUT2D eigenvalue weighted by Crippen LogP contribution is 2.32. The van der Waals surface area contributed by atoms with Crippen LogP contribution < -0.4 is 0 Å². The summed E-state index contributed by atoms with van der Waals surface area (Å²) >= 11 is 12.3. The Morgan fingerprint density at radius 1 is 1.15 bits per heavy atom. The Morgan fingerprint density at radius 3 is 2.89 bits per heavy atom. The molecule has 3 aromatic rings. The average molecular weight is 399 g/mol. The fraction of sp³-hybridized carbons (Fsp3) is 0.250. The monoisotopic (exact) mass is 398 g/mol. The SMILES string of the molecule is N#C/C(=C\c1ccc(-c2cc(Cl)ccc2Cl)o1)c1nnc2n1CCCCC2. The molecule has 1 aliphatic heterocycles. The minimum absolute atomic E-state index is 0.425. The van der Waals surface area contributed by atoms with Crippen LogP contribution in [0, 0.1) is 11.3 Å². The van der Waals surface area contributed by atoms with Crippen LogP contribution in [0.15, 0.2) is 34.7 Å². The van der Waals surface area contributed by atoms with Crippen LogP contribution in [0.4, 0.5) is 0 Å². The van der Waals surface area contributed by atoms with E-state index in [1.165, 1.54) is 0 Å². The van der Waals surface area contributed by atoms with Crippen LogP contribution in [0.2, 0.25) is 10.0 Å². The van der Waals surface area contributed by atoms with Gasteiger partial charge in [0.2, 0.25) is 0 Å². The van der Waals surface area contributed by atoms with Crippen molar-refractivity contribution in [2.24, 2.45) is 0 Å². The number of halogens is 2. The normalized spacial score (nSPS) is 14.5. The summed E-state index contributed by atoms with van der Waals surface area (Å²) < 4.78 is 7.92. The molecule has 1 aromatic carbocycles. The Kier molecular flexibility index (Phi) is 5.02. The van der Waals surface area contributed by atoms with E-state index in [9.17, 15) is 5.26 Å². The summed E-state index contributed by atoms with van der Waals surface area (Å²) in [6.45, 7) is 0.832. The van der Waals surface area contributed by atoms with E-state index in [0.717, 1.165) is 38.1 Å². The number of allylic oxidation sites excluding steroid dienone is 1. The number of aryl methyl sites for hydroxylation is 1. The molecule has 0 unspecified atom stereocenters. The van der Waals surface area contributed by atoms with Crippen molar-refractivity contribution in [3.05, 3.63) is 57.8 Å². The molecular weight excluding hydrogens is 383 g/mol. The largest absolute Gasteiger partial charge is 0.457 e. The quantitative estimate of drug-likeness (QED) is 0.535. The van der Waals surface area contributed by atoms with Gasteiger partial charge in [0, 0.05) is 29.6 Å². The molecule has 0 fully saturated rings. The van der Waals surface area contributed by atoms with Crippen molar-refractivity contribution in [3.8, 4) is 17.4 Å². The Hall–Kier alpha value is -2.55. The van der Waals surface area contributed by atoms with Crippen molar-refractivity contribution in [2.45, 2.75) is 32.2 Å². The van der Waals surface area contributed by atoms with Gasteiger partial charge in [-0.15, -0.1) is 10.2 Å². The second kappa shape index (κ2) is 7.59. The van der Waals surface area contributed by atoms with Crippen LogP contribution in [0.5, 0.6) is 0 Å². The lowest BCUT2D eigenvalue weighted by atomic mass is 10.2. The minimum Gasteiger partial charge on any atom is -0.457 e. The van der Waals surface area contributed by atoms with Crippen LogP contribution in [-0.4, -0.2) is 14.8 Å². The summed E-state index contributed by atoms with van der Waals surface area (Å²) in [5.41, 5.74) is 1.13. The van der Waals surface area contributed by atoms with E-state index in [0.29, 0.717) is 38.5 Å². The average Bonchev–Trinajstić information content (AvgIpc) is 3.22. The predicted octanol–water partition coefficient (Wildman–Crippen LogP) is 5.64. The van der Waals surface area contributed by atoms with Crippen LogP contribution in [0.3, 0.4) is 0 Å². The zero-order valence-electron chi connectivity index (χ0n) is 14.5. The van der Waals surface area contributed by atoms with Gasteiger partial charge in [-0.05, 0) is 43.2 Å². The summed E-state index contributed by atoms with van der Waals surface area (Å²) in [6.07, 6.45) is 5.91. The molecule has 0 radical (unpaired) electrons. The molecule has 4 rings (SSSR count). The number of benzene rings is 1. The Morgan fingerprint density at radius 2 is 2.04 bits per heavy atom. The highest BCUT2D eigenvalue weighted by molar-refractivity contribution is 6.35. The summed E-state index contributed by atoms with van der Waals surface area (Å²) in [5, 5.41) is 19.3. The van der Waals surface area contributed by atoms with E-state index in [1.54, 1.807) is 30.3 Å². The van der Waals surface area contributed by atoms with Crippen LogP contribution in [-0.2, 0) is 13.0 Å². The molecule has 0 aliphatic carbocycles. The molecular formula is C20H16Cl2N4O. The van der Waals surface area contributed by atoms with Crippen molar-refractivity contribution in [1.29, 1.82) is 5.26 Å². The summed E-state index contributed by atoms with van der Waals surface area (Å²) in [4.78, 5) is 0. The van der Waals surface area contributed by atoms with Crippen LogP contribution >= 0.6 is 23.2 Å². The maximum absolute atomic E-state index is 9.66. The first-order valence-electron chi connectivity index (χ1n) is 8.75. The van der Waals surface area contributed by atoms with Gasteiger partial charge in [0.1, 0.15) is 29.0 Å². The topological polar surface area (TPSA) is 67.6 Å². The van der Waals surface area contributed by atoms with Crippen molar-refractivity contribution in [2.75, 3.05) is 0 Å². The third kappa shape index (κ3) is 3.64. The molecule has 0 spiro atoms. The number of nitriles is 1. The summed E-state index contributed by atoms with van der Waals surface area (Å²) in [5.74, 6) is 2.66. The molecule has 0 atom stereocenters. The third-order valence-corrected chi connectivity index (χ3v) is 5.14. The molecule has 0 saturated carbocycles. The van der Waals surface area contributed by atoms with Crippen molar-refractivity contribution in [3.63, 3.8) is 0 Å². The van der Waals surface area contributed by atoms with Crippen LogP contribution in [0.25, 0.3) is 23.0 Å². The van der Waals surface area contributed by atoms with Gasteiger partial charge in [0.05, 0.1) is 5.02 Å². The van der Waals surface area contributed by atoms with Gasteiger partial charge in [0.15, 0.2) is 5.82 Å². The van der Waals surface area contributed by atoms with E-state index in [2.05, 4.69) is 16.3 Å². The number of nitrogens with zero attached hydrogens (tertiary/aromatic N) is 4. The van der Waals surface area contributed by atoms with Gasteiger partial charge in [0.25, 0.3) is 0 Å². The zero-order chi connectivity index (χ0) is 18.8. The molecule has 1 aliphatic rings. The Bertz CT molecular complexity index is 1060. The highest BCUT2D eigenvalue weighted by atomic mass is 35.5. The molecule has 0 N–H and O–H groups in total. The lowest BCUT2D eigenvalue weighted by molar-refractivity contribution is 0.572. The standard InChI is InChI=1S/C20H16Cl2N4O/c21-14-5-7-17(22)16(11-14)18-8-6-15(27-18)10-13(12-23)20-25-24-19-4-2-1-3-9-26(19)20/h5-8,10-11H,1-4,9H2/b13-10+. The molecule has 27 heavy (non-hydrogen) atoms. The fourth-order valence-corrected chi connectivity index (χ4v) is 3.62. The first kappa shape index (κ1) is 17.8. The highest BCUT2D eigenvalue weighted by Gasteiger charge is 2.18. The third-order valence-electron chi connectivity index (χ3n) is 4.58. The molecule has 2 aromatic heterocycles. The van der Waals surface area contributed by atoms with Gasteiger partial charge in [-0.1, -0.05) is 29.6 Å². The number of hydrogen-bond donors (Lipinski definition) is 0. The van der Waals surface area contributed by atoms with Crippen molar-refractivity contribution in [1.82, 2.24) is 14.8 Å². The number of hydrogen-bond acceptors (Lipinski definition) is 4. The van der Waals surface area contributed by atoms with E-state index in [4.69, 9.17) is 27.6 Å². The molecule has 7 heteroatoms. The van der Waals surface area contributed by atoms with Gasteiger partial charge in [-0.25, -0.2) is 0 Å². The molecule has 136 valence electrons. The molecule has 0 saturated heterocycles. The Labute approximate surface area is 166 Å². The van der Waals surface area contributed by atoms with E-state index < -0.39 is 0 Å². The van der Waals surface area contributed by atoms with Crippen molar-refractivity contribution >= 4 is 34.9 Å². The zero-order valence-corrected chi connectivity index (χ0v) is 16.0. The maximum atomic E-state index is 9.66. The maximum Gasteiger partial charge on any atom is 0.174 e. The minimum atomic E-state index is 0.425. The van der Waals surface area contributed by atoms with E-state index in [-0.39, 0.29) is 0 Å². The molecule has 0 amide bonds. The number of furan rings is 1. The number of aromatic nitrogens is 3.